The molecule has 0 spiro atoms. The minimum atomic E-state index is -0.471. The number of ether oxygens (including phenoxy) is 1. The summed E-state index contributed by atoms with van der Waals surface area (Å²) in [5.41, 5.74) is 5.95. The number of aromatic amines is 1. The smallest absolute Gasteiger partial charge is 0.410 e. The van der Waals surface area contributed by atoms with Gasteiger partial charge in [-0.05, 0) is 33.6 Å². The van der Waals surface area contributed by atoms with E-state index in [0.29, 0.717) is 30.4 Å². The molecule has 1 fully saturated rings. The van der Waals surface area contributed by atoms with Crippen LogP contribution in [0.2, 0.25) is 0 Å². The van der Waals surface area contributed by atoms with Gasteiger partial charge in [0.15, 0.2) is 11.6 Å². The van der Waals surface area contributed by atoms with Gasteiger partial charge in [0.2, 0.25) is 0 Å². The van der Waals surface area contributed by atoms with Crippen molar-refractivity contribution in [2.45, 2.75) is 45.1 Å². The molecule has 8 heteroatoms. The predicted molar refractivity (Wildman–Crippen MR) is 85.0 cm³/mol. The van der Waals surface area contributed by atoms with Crippen LogP contribution in [0.5, 0.6) is 0 Å². The van der Waals surface area contributed by atoms with E-state index in [-0.39, 0.29) is 12.0 Å². The summed E-state index contributed by atoms with van der Waals surface area (Å²) in [6.07, 6.45) is 2.87. The molecule has 0 bridgehead atoms. The number of aromatic nitrogens is 4. The first-order valence-electron chi connectivity index (χ1n) is 7.78. The second-order valence-electron chi connectivity index (χ2n) is 6.81. The normalized spacial score (nSPS) is 16.7. The van der Waals surface area contributed by atoms with Crippen LogP contribution in [-0.4, -0.2) is 49.6 Å². The zero-order valence-electron chi connectivity index (χ0n) is 13.7. The van der Waals surface area contributed by atoms with Gasteiger partial charge >= 0.3 is 6.09 Å². The number of nitrogens with two attached hydrogens (primary N) is 1. The molecule has 3 heterocycles. The van der Waals surface area contributed by atoms with Gasteiger partial charge in [0.05, 0.1) is 6.33 Å². The molecule has 124 valence electrons. The van der Waals surface area contributed by atoms with Crippen LogP contribution < -0.4 is 5.73 Å². The Kier molecular flexibility index (Phi) is 3.83. The van der Waals surface area contributed by atoms with E-state index in [1.165, 1.54) is 6.33 Å². The fourth-order valence-electron chi connectivity index (χ4n) is 2.69. The number of anilines is 1. The Balaban J connectivity index is 1.66. The first-order valence-corrected chi connectivity index (χ1v) is 7.78. The maximum Gasteiger partial charge on any atom is 0.410 e. The molecule has 0 unspecified atom stereocenters. The molecule has 3 rings (SSSR count). The topological polar surface area (TPSA) is 110 Å². The van der Waals surface area contributed by atoms with Crippen molar-refractivity contribution in [3.63, 3.8) is 0 Å². The number of piperidine rings is 1. The Bertz CT molecular complexity index is 669. The van der Waals surface area contributed by atoms with Crippen molar-refractivity contribution in [1.29, 1.82) is 0 Å². The molecular weight excluding hydrogens is 296 g/mol. The molecule has 3 aliphatic heterocycles. The Labute approximate surface area is 134 Å². The Morgan fingerprint density at radius 1 is 1.35 bits per heavy atom. The maximum atomic E-state index is 12.1. The van der Waals surface area contributed by atoms with E-state index >= 15 is 0 Å². The lowest BCUT2D eigenvalue weighted by molar-refractivity contribution is 0.0203. The molecule has 0 aromatic heterocycles. The highest BCUT2D eigenvalue weighted by atomic mass is 16.6. The Hall–Kier alpha value is -2.38. The van der Waals surface area contributed by atoms with E-state index < -0.39 is 5.60 Å². The summed E-state index contributed by atoms with van der Waals surface area (Å²) in [6, 6.07) is 0. The van der Waals surface area contributed by atoms with Crippen molar-refractivity contribution in [2.24, 2.45) is 0 Å². The fraction of sp³-hybridized carbons (Fsp3) is 0.600. The quantitative estimate of drug-likeness (QED) is 0.832. The summed E-state index contributed by atoms with van der Waals surface area (Å²) in [4.78, 5) is 29.8. The molecule has 0 aliphatic carbocycles. The zero-order valence-corrected chi connectivity index (χ0v) is 13.7. The molecule has 0 saturated carbocycles. The molecule has 8 nitrogen and oxygen atoms in total. The third-order valence-corrected chi connectivity index (χ3v) is 3.84. The molecular formula is C15H22N6O2. The standard InChI is InChI=1S/C15H22N6O2/c1-15(2,3)23-14(22)21-6-4-9(5-7-21)12-19-10-11(16)17-8-18-13(10)20-12/h8-9H,4-7H2,1-3H3,(H3,16,17,18,19,20). The highest BCUT2D eigenvalue weighted by Crippen LogP contribution is 2.30. The van der Waals surface area contributed by atoms with Crippen LogP contribution >= 0.6 is 0 Å². The number of rotatable bonds is 1. The molecule has 0 aromatic rings. The number of carbonyl (C=O) groups is 1. The summed E-state index contributed by atoms with van der Waals surface area (Å²) < 4.78 is 5.41. The third-order valence-electron chi connectivity index (χ3n) is 3.84. The van der Waals surface area contributed by atoms with Crippen LogP contribution in [0.4, 0.5) is 10.6 Å². The van der Waals surface area contributed by atoms with Gasteiger partial charge in [-0.2, -0.15) is 0 Å². The maximum absolute atomic E-state index is 12.1. The summed E-state index contributed by atoms with van der Waals surface area (Å²) in [7, 11) is 0. The number of H-pyrrole nitrogens is 1. The largest absolute Gasteiger partial charge is 0.444 e. The van der Waals surface area contributed by atoms with Gasteiger partial charge in [0, 0.05) is 19.0 Å². The molecule has 1 saturated heterocycles. The van der Waals surface area contributed by atoms with Crippen LogP contribution in [0.15, 0.2) is 6.33 Å². The van der Waals surface area contributed by atoms with Gasteiger partial charge in [0.1, 0.15) is 17.1 Å². The SMILES string of the molecule is CC(C)(C)OC(=O)N1CCC(c2nc3[nH]cnc(N)c-3n2)CC1. The molecule has 1 amide bonds. The molecule has 0 radical (unpaired) electrons. The van der Waals surface area contributed by atoms with Crippen molar-refractivity contribution < 1.29 is 9.53 Å². The van der Waals surface area contributed by atoms with Crippen molar-refractivity contribution in [2.75, 3.05) is 18.8 Å². The Morgan fingerprint density at radius 3 is 2.65 bits per heavy atom. The van der Waals surface area contributed by atoms with Crippen molar-refractivity contribution in [3.05, 3.63) is 12.2 Å². The summed E-state index contributed by atoms with van der Waals surface area (Å²) in [5.74, 6) is 2.01. The first kappa shape index (κ1) is 15.5. The van der Waals surface area contributed by atoms with E-state index in [1.807, 2.05) is 20.8 Å². The number of fused-ring (bicyclic) bond motifs is 1. The highest BCUT2D eigenvalue weighted by molar-refractivity contribution is 5.68. The number of carbonyl (C=O) groups excluding carboxylic acids is 1. The average Bonchev–Trinajstić information content (AvgIpc) is 2.91. The molecule has 0 aromatic carbocycles. The van der Waals surface area contributed by atoms with Crippen LogP contribution in [0.25, 0.3) is 11.5 Å². The van der Waals surface area contributed by atoms with Crippen LogP contribution in [-0.2, 0) is 4.74 Å². The number of hydrogen-bond acceptors (Lipinski definition) is 6. The van der Waals surface area contributed by atoms with Gasteiger partial charge in [0.25, 0.3) is 0 Å². The lowest BCUT2D eigenvalue weighted by atomic mass is 9.96. The van der Waals surface area contributed by atoms with E-state index in [2.05, 4.69) is 19.9 Å². The fourth-order valence-corrected chi connectivity index (χ4v) is 2.69. The van der Waals surface area contributed by atoms with Crippen molar-refractivity contribution >= 4 is 11.9 Å². The average molecular weight is 318 g/mol. The number of imidazole rings is 1. The zero-order chi connectivity index (χ0) is 16.6. The van der Waals surface area contributed by atoms with Crippen LogP contribution in [0.3, 0.4) is 0 Å². The second-order valence-corrected chi connectivity index (χ2v) is 6.81. The van der Waals surface area contributed by atoms with Crippen molar-refractivity contribution in [1.82, 2.24) is 24.8 Å². The number of likely N-dealkylation sites (tertiary alicyclic amines) is 1. The molecule has 23 heavy (non-hydrogen) atoms. The lowest BCUT2D eigenvalue weighted by Crippen LogP contribution is -2.41. The van der Waals surface area contributed by atoms with Crippen LogP contribution in [0.1, 0.15) is 45.4 Å². The molecule has 0 atom stereocenters. The van der Waals surface area contributed by atoms with E-state index in [0.717, 1.165) is 18.7 Å². The number of nitrogens with one attached hydrogen (secondary N) is 1. The highest BCUT2D eigenvalue weighted by Gasteiger charge is 2.30. The van der Waals surface area contributed by atoms with Gasteiger partial charge in [-0.15, -0.1) is 0 Å². The molecule has 3 N–H and O–H groups in total. The summed E-state index contributed by atoms with van der Waals surface area (Å²) >= 11 is 0. The third kappa shape index (κ3) is 3.35. The number of nitrogens with zero attached hydrogens (tertiary/aromatic N) is 4. The minimum absolute atomic E-state index is 0.217. The summed E-state index contributed by atoms with van der Waals surface area (Å²) in [6.45, 7) is 6.89. The number of hydrogen-bond donors (Lipinski definition) is 2. The van der Waals surface area contributed by atoms with Gasteiger partial charge in [-0.3, -0.25) is 0 Å². The van der Waals surface area contributed by atoms with Crippen LogP contribution in [0, 0.1) is 0 Å². The number of amides is 1. The van der Waals surface area contributed by atoms with Gasteiger partial charge in [-0.25, -0.2) is 19.7 Å². The first-order chi connectivity index (χ1) is 10.8. The van der Waals surface area contributed by atoms with E-state index in [1.54, 1.807) is 4.90 Å². The van der Waals surface area contributed by atoms with Gasteiger partial charge < -0.3 is 20.4 Å². The summed E-state index contributed by atoms with van der Waals surface area (Å²) in [5, 5.41) is 0. The predicted octanol–water partition coefficient (Wildman–Crippen LogP) is 2.00. The Morgan fingerprint density at radius 2 is 2.04 bits per heavy atom. The van der Waals surface area contributed by atoms with E-state index in [9.17, 15) is 4.79 Å². The van der Waals surface area contributed by atoms with Crippen molar-refractivity contribution in [3.8, 4) is 11.5 Å². The second kappa shape index (κ2) is 5.68. The monoisotopic (exact) mass is 318 g/mol. The van der Waals surface area contributed by atoms with E-state index in [4.69, 9.17) is 10.5 Å². The molecule has 3 aliphatic rings. The lowest BCUT2D eigenvalue weighted by Gasteiger charge is -2.32. The minimum Gasteiger partial charge on any atom is -0.444 e. The van der Waals surface area contributed by atoms with Gasteiger partial charge in [-0.1, -0.05) is 0 Å². The number of nitrogen functional groups attached to an aromatic ring is 1.